The first-order chi connectivity index (χ1) is 19.9. The first kappa shape index (κ1) is 25.8. The van der Waals surface area contributed by atoms with Gasteiger partial charge in [0.1, 0.15) is 5.82 Å². The van der Waals surface area contributed by atoms with Crippen LogP contribution >= 0.6 is 0 Å². The molecule has 2 fully saturated rings. The molecule has 1 aliphatic heterocycles. The van der Waals surface area contributed by atoms with Crippen molar-refractivity contribution in [1.82, 2.24) is 0 Å². The van der Waals surface area contributed by atoms with Crippen LogP contribution in [0.4, 0.5) is 21.5 Å². The number of hydrogen-bond acceptors (Lipinski definition) is 4. The highest BCUT2D eigenvalue weighted by Gasteiger charge is 2.53. The topological polar surface area (TPSA) is 87.3 Å². The summed E-state index contributed by atoms with van der Waals surface area (Å²) in [5.41, 5.74) is 5.00. The highest BCUT2D eigenvalue weighted by Crippen LogP contribution is 2.63. The van der Waals surface area contributed by atoms with Gasteiger partial charge in [-0.1, -0.05) is 30.3 Å². The van der Waals surface area contributed by atoms with E-state index in [0.717, 1.165) is 5.69 Å². The largest absolute Gasteiger partial charge is 0.378 e. The van der Waals surface area contributed by atoms with Crippen LogP contribution in [0.1, 0.15) is 52.7 Å². The molecule has 1 amide bonds. The van der Waals surface area contributed by atoms with Crippen molar-refractivity contribution >= 4 is 33.0 Å². The van der Waals surface area contributed by atoms with E-state index in [1.807, 2.05) is 18.2 Å². The molecule has 2 aliphatic carbocycles. The van der Waals surface area contributed by atoms with Gasteiger partial charge in [0.2, 0.25) is 0 Å². The maximum absolute atomic E-state index is 13.3. The van der Waals surface area contributed by atoms with Crippen molar-refractivity contribution in [1.29, 1.82) is 0 Å². The highest BCUT2D eigenvalue weighted by molar-refractivity contribution is 7.92. The number of amides is 1. The van der Waals surface area contributed by atoms with Crippen LogP contribution in [0.15, 0.2) is 102 Å². The predicted molar refractivity (Wildman–Crippen MR) is 158 cm³/mol. The molecule has 3 N–H and O–H groups in total. The van der Waals surface area contributed by atoms with Gasteiger partial charge in [-0.3, -0.25) is 9.52 Å². The van der Waals surface area contributed by atoms with E-state index in [4.69, 9.17) is 0 Å². The molecule has 5 atom stereocenters. The smallest absolute Gasteiger partial charge is 0.261 e. The van der Waals surface area contributed by atoms with E-state index in [0.29, 0.717) is 34.9 Å². The zero-order valence-electron chi connectivity index (χ0n) is 22.3. The SMILES string of the molecule is O=C(Nc1ccc(S(=O)(=O)Nc2ccc(F)cc2)cc1)c1ccc2c(c1)[C@@H]1[C@H]3CC[C@@H](C3)[C@@H]1[C@@H](c1ccccc1)N2. The second-order valence-electron chi connectivity index (χ2n) is 11.4. The molecule has 7 rings (SSSR count). The lowest BCUT2D eigenvalue weighted by Crippen LogP contribution is -2.35. The number of anilines is 3. The number of halogens is 1. The minimum absolute atomic E-state index is 0.0370. The second-order valence-corrected chi connectivity index (χ2v) is 13.0. The molecule has 6 nitrogen and oxygen atoms in total. The summed E-state index contributed by atoms with van der Waals surface area (Å²) in [5, 5.41) is 6.72. The Bertz CT molecular complexity index is 1710. The number of benzene rings is 4. The Morgan fingerprint density at radius 3 is 2.29 bits per heavy atom. The van der Waals surface area contributed by atoms with Crippen LogP contribution in [0.5, 0.6) is 0 Å². The molecule has 0 saturated heterocycles. The molecular formula is C33H30FN3O3S. The maximum Gasteiger partial charge on any atom is 0.261 e. The summed E-state index contributed by atoms with van der Waals surface area (Å²) in [6.45, 7) is 0. The van der Waals surface area contributed by atoms with E-state index in [2.05, 4.69) is 45.7 Å². The summed E-state index contributed by atoms with van der Waals surface area (Å²) in [6, 6.07) is 28.0. The summed E-state index contributed by atoms with van der Waals surface area (Å²) < 4.78 is 41.1. The Morgan fingerprint density at radius 2 is 1.54 bits per heavy atom. The summed E-state index contributed by atoms with van der Waals surface area (Å²) >= 11 is 0. The molecule has 8 heteroatoms. The summed E-state index contributed by atoms with van der Waals surface area (Å²) in [6.07, 6.45) is 3.77. The third-order valence-electron chi connectivity index (χ3n) is 9.03. The molecule has 2 bridgehead atoms. The molecule has 41 heavy (non-hydrogen) atoms. The molecule has 208 valence electrons. The van der Waals surface area contributed by atoms with E-state index in [-0.39, 0.29) is 22.5 Å². The van der Waals surface area contributed by atoms with Gasteiger partial charge in [-0.25, -0.2) is 12.8 Å². The van der Waals surface area contributed by atoms with E-state index in [1.165, 1.54) is 66.8 Å². The van der Waals surface area contributed by atoms with Crippen molar-refractivity contribution in [3.63, 3.8) is 0 Å². The number of carbonyl (C=O) groups excluding carboxylic acids is 1. The lowest BCUT2D eigenvalue weighted by Gasteiger charge is -2.43. The Hall–Kier alpha value is -4.17. The highest BCUT2D eigenvalue weighted by atomic mass is 32.2. The predicted octanol–water partition coefficient (Wildman–Crippen LogP) is 7.18. The van der Waals surface area contributed by atoms with Gasteiger partial charge in [0.15, 0.2) is 0 Å². The van der Waals surface area contributed by atoms with Gasteiger partial charge in [0, 0.05) is 22.6 Å². The van der Waals surface area contributed by atoms with Crippen molar-refractivity contribution in [2.75, 3.05) is 15.4 Å². The van der Waals surface area contributed by atoms with Crippen LogP contribution in [-0.4, -0.2) is 14.3 Å². The number of carbonyl (C=O) groups is 1. The van der Waals surface area contributed by atoms with Crippen LogP contribution in [0.3, 0.4) is 0 Å². The van der Waals surface area contributed by atoms with Crippen molar-refractivity contribution in [3.05, 3.63) is 120 Å². The Morgan fingerprint density at radius 1 is 0.829 bits per heavy atom. The van der Waals surface area contributed by atoms with Gasteiger partial charge < -0.3 is 10.6 Å². The van der Waals surface area contributed by atoms with Crippen LogP contribution in [0.25, 0.3) is 0 Å². The lowest BCUT2D eigenvalue weighted by molar-refractivity contribution is 0.102. The van der Waals surface area contributed by atoms with Crippen LogP contribution in [0.2, 0.25) is 0 Å². The summed E-state index contributed by atoms with van der Waals surface area (Å²) in [4.78, 5) is 13.3. The lowest BCUT2D eigenvalue weighted by atomic mass is 9.68. The molecule has 0 radical (unpaired) electrons. The molecule has 0 spiro atoms. The summed E-state index contributed by atoms with van der Waals surface area (Å²) in [7, 11) is -3.86. The van der Waals surface area contributed by atoms with Gasteiger partial charge in [0.05, 0.1) is 10.9 Å². The average Bonchev–Trinajstić information content (AvgIpc) is 3.62. The fraction of sp³-hybridized carbons (Fsp3) is 0.242. The zero-order chi connectivity index (χ0) is 28.1. The fourth-order valence-corrected chi connectivity index (χ4v) is 8.33. The van der Waals surface area contributed by atoms with Gasteiger partial charge in [0.25, 0.3) is 15.9 Å². The number of nitrogens with one attached hydrogen (secondary N) is 3. The van der Waals surface area contributed by atoms with E-state index >= 15 is 0 Å². The van der Waals surface area contributed by atoms with Crippen LogP contribution < -0.4 is 15.4 Å². The van der Waals surface area contributed by atoms with Crippen LogP contribution in [0, 0.1) is 23.6 Å². The normalized spacial score (nSPS) is 24.2. The maximum atomic E-state index is 13.3. The average molecular weight is 568 g/mol. The Kier molecular flexibility index (Phi) is 6.31. The van der Waals surface area contributed by atoms with Gasteiger partial charge in [-0.2, -0.15) is 0 Å². The standard InChI is InChI=1S/C33H30FN3O3S/c34-24-9-11-26(12-10-24)37-41(39,40)27-15-13-25(14-16-27)35-33(38)23-8-17-29-28(19-23)30-21-6-7-22(18-21)31(30)32(36-29)20-4-2-1-3-5-20/h1-5,8-17,19,21-22,30-32,36-37H,6-7,18H2,(H,35,38)/t21-,22-,30-,31-,32+/m0/s1. The molecule has 4 aromatic rings. The third kappa shape index (κ3) is 4.76. The third-order valence-corrected chi connectivity index (χ3v) is 10.4. The summed E-state index contributed by atoms with van der Waals surface area (Å²) in [5.74, 6) is 1.60. The molecule has 0 aromatic heterocycles. The monoisotopic (exact) mass is 567 g/mol. The number of rotatable bonds is 6. The van der Waals surface area contributed by atoms with Crippen molar-refractivity contribution in [2.24, 2.45) is 17.8 Å². The fourth-order valence-electron chi connectivity index (χ4n) is 7.27. The molecule has 0 unspecified atom stereocenters. The molecule has 4 aromatic carbocycles. The minimum atomic E-state index is -3.86. The zero-order valence-corrected chi connectivity index (χ0v) is 23.1. The Balaban J connectivity index is 1.10. The molecule has 2 saturated carbocycles. The first-order valence-corrected chi connectivity index (χ1v) is 15.5. The van der Waals surface area contributed by atoms with Gasteiger partial charge in [-0.15, -0.1) is 0 Å². The van der Waals surface area contributed by atoms with Gasteiger partial charge in [-0.05, 0) is 121 Å². The number of sulfonamides is 1. The Labute approximate surface area is 239 Å². The molecule has 1 heterocycles. The first-order valence-electron chi connectivity index (χ1n) is 14.0. The molecule has 3 aliphatic rings. The van der Waals surface area contributed by atoms with E-state index in [1.54, 1.807) is 12.1 Å². The van der Waals surface area contributed by atoms with Crippen molar-refractivity contribution < 1.29 is 17.6 Å². The van der Waals surface area contributed by atoms with Crippen molar-refractivity contribution in [3.8, 4) is 0 Å². The van der Waals surface area contributed by atoms with E-state index < -0.39 is 15.8 Å². The quantitative estimate of drug-likeness (QED) is 0.230. The van der Waals surface area contributed by atoms with Gasteiger partial charge >= 0.3 is 0 Å². The number of hydrogen-bond donors (Lipinski definition) is 3. The second kappa shape index (κ2) is 10.0. The van der Waals surface area contributed by atoms with E-state index in [9.17, 15) is 17.6 Å². The number of fused-ring (bicyclic) bond motifs is 7. The van der Waals surface area contributed by atoms with Crippen molar-refractivity contribution in [2.45, 2.75) is 36.1 Å². The van der Waals surface area contributed by atoms with Crippen LogP contribution in [-0.2, 0) is 10.0 Å². The minimum Gasteiger partial charge on any atom is -0.378 e. The molecular weight excluding hydrogens is 537 g/mol.